The summed E-state index contributed by atoms with van der Waals surface area (Å²) in [6.07, 6.45) is 0. The first-order valence-corrected chi connectivity index (χ1v) is 6.19. The van der Waals surface area contributed by atoms with Gasteiger partial charge in [0.1, 0.15) is 0 Å². The van der Waals surface area contributed by atoms with E-state index in [2.05, 4.69) is 5.32 Å². The van der Waals surface area contributed by atoms with Crippen molar-refractivity contribution in [2.45, 2.75) is 0 Å². The number of nitro groups is 1. The number of nitrogens with zero attached hydrogens (tertiary/aromatic N) is 1. The number of hydrogen-bond donors (Lipinski definition) is 1. The Bertz CT molecular complexity index is 683. The summed E-state index contributed by atoms with van der Waals surface area (Å²) in [6, 6.07) is 13.9. The molecule has 0 saturated heterocycles. The Labute approximate surface area is 120 Å². The van der Waals surface area contributed by atoms with E-state index < -0.39 is 4.92 Å². The Morgan fingerprint density at radius 3 is 2.33 bits per heavy atom. The number of rotatable bonds is 5. The van der Waals surface area contributed by atoms with Crippen LogP contribution in [0.3, 0.4) is 0 Å². The van der Waals surface area contributed by atoms with Crippen LogP contribution in [0.4, 0.5) is 5.69 Å². The molecule has 6 nitrogen and oxygen atoms in total. The van der Waals surface area contributed by atoms with Crippen molar-refractivity contribution in [2.75, 3.05) is 6.54 Å². The summed E-state index contributed by atoms with van der Waals surface area (Å²) in [7, 11) is 0. The van der Waals surface area contributed by atoms with Crippen molar-refractivity contribution in [3.63, 3.8) is 0 Å². The Kier molecular flexibility index (Phi) is 4.40. The number of benzene rings is 2. The van der Waals surface area contributed by atoms with E-state index in [1.165, 1.54) is 24.3 Å². The first-order valence-electron chi connectivity index (χ1n) is 6.19. The standard InChI is InChI=1S/C15H12N2O4/c18-14(12-7-4-8-13(9-12)17(20)21)10-16-15(19)11-5-2-1-3-6-11/h1-9H,10H2,(H,16,19). The molecule has 0 heterocycles. The molecule has 0 atom stereocenters. The Morgan fingerprint density at radius 1 is 1.00 bits per heavy atom. The molecule has 0 aromatic heterocycles. The van der Waals surface area contributed by atoms with E-state index in [0.717, 1.165) is 0 Å². The zero-order chi connectivity index (χ0) is 15.2. The third kappa shape index (κ3) is 3.73. The van der Waals surface area contributed by atoms with Crippen molar-refractivity contribution >= 4 is 17.4 Å². The Hall–Kier alpha value is -3.02. The third-order valence-electron chi connectivity index (χ3n) is 2.82. The van der Waals surface area contributed by atoms with Crippen molar-refractivity contribution in [1.82, 2.24) is 5.32 Å². The summed E-state index contributed by atoms with van der Waals surface area (Å²) in [5.41, 5.74) is 0.483. The van der Waals surface area contributed by atoms with Crippen LogP contribution in [-0.2, 0) is 0 Å². The van der Waals surface area contributed by atoms with E-state index in [4.69, 9.17) is 0 Å². The second-order valence-electron chi connectivity index (χ2n) is 4.28. The van der Waals surface area contributed by atoms with Crippen LogP contribution in [0.2, 0.25) is 0 Å². The number of nitrogens with one attached hydrogen (secondary N) is 1. The number of non-ortho nitro benzene ring substituents is 1. The molecule has 106 valence electrons. The predicted molar refractivity (Wildman–Crippen MR) is 76.2 cm³/mol. The van der Waals surface area contributed by atoms with Crippen LogP contribution in [0.25, 0.3) is 0 Å². The zero-order valence-electron chi connectivity index (χ0n) is 11.0. The van der Waals surface area contributed by atoms with Crippen LogP contribution in [0.5, 0.6) is 0 Å². The second-order valence-corrected chi connectivity index (χ2v) is 4.28. The van der Waals surface area contributed by atoms with Crippen molar-refractivity contribution in [1.29, 1.82) is 0 Å². The SMILES string of the molecule is O=C(CNC(=O)c1ccccc1)c1cccc([N+](=O)[O-])c1. The van der Waals surface area contributed by atoms with E-state index in [0.29, 0.717) is 5.56 Å². The second kappa shape index (κ2) is 6.42. The maximum absolute atomic E-state index is 11.9. The van der Waals surface area contributed by atoms with Gasteiger partial charge in [-0.3, -0.25) is 19.7 Å². The number of ketones is 1. The van der Waals surface area contributed by atoms with Gasteiger partial charge in [0.2, 0.25) is 0 Å². The molecule has 2 rings (SSSR count). The van der Waals surface area contributed by atoms with Gasteiger partial charge in [0.05, 0.1) is 11.5 Å². The monoisotopic (exact) mass is 284 g/mol. The van der Waals surface area contributed by atoms with Crippen LogP contribution in [0.15, 0.2) is 54.6 Å². The minimum Gasteiger partial charge on any atom is -0.345 e. The highest BCUT2D eigenvalue weighted by Crippen LogP contribution is 2.13. The lowest BCUT2D eigenvalue weighted by molar-refractivity contribution is -0.384. The topological polar surface area (TPSA) is 89.3 Å². The molecule has 21 heavy (non-hydrogen) atoms. The molecule has 2 aromatic carbocycles. The maximum Gasteiger partial charge on any atom is 0.270 e. The largest absolute Gasteiger partial charge is 0.345 e. The predicted octanol–water partition coefficient (Wildman–Crippen LogP) is 2.21. The normalized spacial score (nSPS) is 9.90. The smallest absolute Gasteiger partial charge is 0.270 e. The summed E-state index contributed by atoms with van der Waals surface area (Å²) < 4.78 is 0. The number of nitro benzene ring substituents is 1. The number of amides is 1. The van der Waals surface area contributed by atoms with Crippen LogP contribution in [-0.4, -0.2) is 23.2 Å². The molecule has 0 fully saturated rings. The highest BCUT2D eigenvalue weighted by Gasteiger charge is 2.13. The van der Waals surface area contributed by atoms with Gasteiger partial charge in [0, 0.05) is 23.3 Å². The summed E-state index contributed by atoms with van der Waals surface area (Å²) in [4.78, 5) is 33.8. The summed E-state index contributed by atoms with van der Waals surface area (Å²) >= 11 is 0. The third-order valence-corrected chi connectivity index (χ3v) is 2.82. The molecule has 1 amide bonds. The molecule has 2 aromatic rings. The molecule has 0 unspecified atom stereocenters. The molecule has 0 saturated carbocycles. The van der Waals surface area contributed by atoms with Crippen molar-refractivity contribution in [3.8, 4) is 0 Å². The lowest BCUT2D eigenvalue weighted by Gasteiger charge is -2.04. The zero-order valence-corrected chi connectivity index (χ0v) is 11.0. The molecule has 6 heteroatoms. The molecular weight excluding hydrogens is 272 g/mol. The molecule has 0 aliphatic carbocycles. The first-order chi connectivity index (χ1) is 10.1. The summed E-state index contributed by atoms with van der Waals surface area (Å²) in [5, 5.41) is 13.1. The minimum absolute atomic E-state index is 0.157. The minimum atomic E-state index is -0.570. The van der Waals surface area contributed by atoms with Crippen LogP contribution in [0, 0.1) is 10.1 Å². The Balaban J connectivity index is 2.01. The number of hydrogen-bond acceptors (Lipinski definition) is 4. The van der Waals surface area contributed by atoms with E-state index in [-0.39, 0.29) is 29.5 Å². The van der Waals surface area contributed by atoms with E-state index >= 15 is 0 Å². The number of Topliss-reactive ketones (excluding diaryl/α,β-unsaturated/α-hetero) is 1. The van der Waals surface area contributed by atoms with Gasteiger partial charge < -0.3 is 5.32 Å². The van der Waals surface area contributed by atoms with Crippen LogP contribution >= 0.6 is 0 Å². The molecule has 0 aliphatic heterocycles. The van der Waals surface area contributed by atoms with E-state index in [9.17, 15) is 19.7 Å². The average Bonchev–Trinajstić information content (AvgIpc) is 2.53. The van der Waals surface area contributed by atoms with Gasteiger partial charge in [-0.25, -0.2) is 0 Å². The fourth-order valence-electron chi connectivity index (χ4n) is 1.75. The van der Waals surface area contributed by atoms with Gasteiger partial charge in [0.15, 0.2) is 5.78 Å². The summed E-state index contributed by atoms with van der Waals surface area (Å²) in [6.45, 7) is -0.213. The number of carbonyl (C=O) groups excluding carboxylic acids is 2. The van der Waals surface area contributed by atoms with Gasteiger partial charge in [-0.2, -0.15) is 0 Å². The van der Waals surface area contributed by atoms with Crippen molar-refractivity contribution in [3.05, 3.63) is 75.8 Å². The van der Waals surface area contributed by atoms with Gasteiger partial charge in [-0.05, 0) is 12.1 Å². The van der Waals surface area contributed by atoms with Crippen LogP contribution in [0.1, 0.15) is 20.7 Å². The van der Waals surface area contributed by atoms with Gasteiger partial charge in [-0.1, -0.05) is 30.3 Å². The van der Waals surface area contributed by atoms with Gasteiger partial charge >= 0.3 is 0 Å². The lowest BCUT2D eigenvalue weighted by atomic mass is 10.1. The van der Waals surface area contributed by atoms with Crippen molar-refractivity contribution in [2.24, 2.45) is 0 Å². The summed E-state index contributed by atoms with van der Waals surface area (Å²) in [5.74, 6) is -0.752. The quantitative estimate of drug-likeness (QED) is 0.518. The average molecular weight is 284 g/mol. The van der Waals surface area contributed by atoms with E-state index in [1.54, 1.807) is 30.3 Å². The highest BCUT2D eigenvalue weighted by molar-refractivity contribution is 6.02. The fraction of sp³-hybridized carbons (Fsp3) is 0.0667. The highest BCUT2D eigenvalue weighted by atomic mass is 16.6. The number of carbonyl (C=O) groups is 2. The molecular formula is C15H12N2O4. The van der Waals surface area contributed by atoms with Crippen LogP contribution < -0.4 is 5.32 Å². The molecule has 0 spiro atoms. The molecule has 0 radical (unpaired) electrons. The van der Waals surface area contributed by atoms with Gasteiger partial charge in [-0.15, -0.1) is 0 Å². The molecule has 1 N–H and O–H groups in total. The molecule has 0 bridgehead atoms. The Morgan fingerprint density at radius 2 is 1.67 bits per heavy atom. The maximum atomic E-state index is 11.9. The fourth-order valence-corrected chi connectivity index (χ4v) is 1.75. The van der Waals surface area contributed by atoms with Gasteiger partial charge in [0.25, 0.3) is 11.6 Å². The van der Waals surface area contributed by atoms with Crippen molar-refractivity contribution < 1.29 is 14.5 Å². The lowest BCUT2D eigenvalue weighted by Crippen LogP contribution is -2.29. The molecule has 0 aliphatic rings. The van der Waals surface area contributed by atoms with E-state index in [1.807, 2.05) is 0 Å². The first kappa shape index (κ1) is 14.4.